The van der Waals surface area contributed by atoms with Crippen LogP contribution in [0.2, 0.25) is 0 Å². The molecule has 0 aliphatic carbocycles. The largest absolute Gasteiger partial charge is 0.435 e. The van der Waals surface area contributed by atoms with E-state index in [1.54, 1.807) is 17.4 Å². The normalized spacial score (nSPS) is 11.4. The molecule has 0 unspecified atom stereocenters. The van der Waals surface area contributed by atoms with Crippen molar-refractivity contribution in [3.63, 3.8) is 0 Å². The van der Waals surface area contributed by atoms with Gasteiger partial charge in [-0.05, 0) is 41.8 Å². The van der Waals surface area contributed by atoms with Gasteiger partial charge in [-0.1, -0.05) is 12.1 Å². The smallest absolute Gasteiger partial charge is 0.237 e. The lowest BCUT2D eigenvalue weighted by molar-refractivity contribution is 0.621. The summed E-state index contributed by atoms with van der Waals surface area (Å²) >= 11 is 1.55. The van der Waals surface area contributed by atoms with E-state index in [0.717, 1.165) is 26.1 Å². The number of hydrogen-bond acceptors (Lipinski definition) is 3. The topological polar surface area (TPSA) is 26.0 Å². The van der Waals surface area contributed by atoms with Crippen molar-refractivity contribution in [2.24, 2.45) is 0 Å². The predicted octanol–water partition coefficient (Wildman–Crippen LogP) is 4.85. The van der Waals surface area contributed by atoms with Crippen molar-refractivity contribution in [3.8, 4) is 10.8 Å². The van der Waals surface area contributed by atoms with Crippen molar-refractivity contribution in [2.75, 3.05) is 0 Å². The second-order valence-electron chi connectivity index (χ2n) is 4.28. The Kier molecular flexibility index (Phi) is 2.19. The van der Waals surface area contributed by atoms with Crippen LogP contribution in [0, 0.1) is 5.82 Å². The van der Waals surface area contributed by atoms with Gasteiger partial charge in [-0.15, -0.1) is 11.3 Å². The highest BCUT2D eigenvalue weighted by atomic mass is 32.1. The predicted molar refractivity (Wildman–Crippen MR) is 74.8 cm³/mol. The van der Waals surface area contributed by atoms with Crippen molar-refractivity contribution in [2.45, 2.75) is 0 Å². The third-order valence-electron chi connectivity index (χ3n) is 2.98. The van der Waals surface area contributed by atoms with Gasteiger partial charge in [0.25, 0.3) is 0 Å². The highest BCUT2D eigenvalue weighted by Gasteiger charge is 2.11. The average molecular weight is 269 g/mol. The van der Waals surface area contributed by atoms with Crippen LogP contribution in [0.1, 0.15) is 0 Å². The van der Waals surface area contributed by atoms with Gasteiger partial charge in [-0.2, -0.15) is 0 Å². The van der Waals surface area contributed by atoms with Gasteiger partial charge in [-0.25, -0.2) is 9.37 Å². The van der Waals surface area contributed by atoms with Crippen LogP contribution in [0.4, 0.5) is 4.39 Å². The van der Waals surface area contributed by atoms with E-state index >= 15 is 0 Å². The van der Waals surface area contributed by atoms with Crippen LogP contribution in [0.25, 0.3) is 32.0 Å². The maximum atomic E-state index is 13.2. The van der Waals surface area contributed by atoms with Gasteiger partial charge in [0.1, 0.15) is 11.3 Å². The zero-order valence-corrected chi connectivity index (χ0v) is 10.6. The molecule has 0 saturated heterocycles. The number of aromatic nitrogens is 1. The number of fused-ring (bicyclic) bond motifs is 2. The van der Waals surface area contributed by atoms with E-state index in [1.165, 1.54) is 12.1 Å². The molecule has 19 heavy (non-hydrogen) atoms. The zero-order chi connectivity index (χ0) is 12.8. The first-order valence-electron chi connectivity index (χ1n) is 5.85. The van der Waals surface area contributed by atoms with Gasteiger partial charge < -0.3 is 4.42 Å². The molecule has 0 N–H and O–H groups in total. The van der Waals surface area contributed by atoms with E-state index in [4.69, 9.17) is 4.42 Å². The SMILES string of the molecule is Fc1ccc2sc(-c3nc4ccccc4o3)cc2c1. The Morgan fingerprint density at radius 2 is 1.95 bits per heavy atom. The average Bonchev–Trinajstić information content (AvgIpc) is 3.00. The van der Waals surface area contributed by atoms with E-state index in [2.05, 4.69) is 4.98 Å². The number of nitrogens with zero attached hydrogens (tertiary/aromatic N) is 1. The molecule has 0 fully saturated rings. The van der Waals surface area contributed by atoms with E-state index in [0.29, 0.717) is 5.89 Å². The summed E-state index contributed by atoms with van der Waals surface area (Å²) in [7, 11) is 0. The molecule has 2 aromatic carbocycles. The Bertz CT molecular complexity index is 860. The van der Waals surface area contributed by atoms with Gasteiger partial charge in [-0.3, -0.25) is 0 Å². The Morgan fingerprint density at radius 1 is 1.05 bits per heavy atom. The number of rotatable bonds is 1. The first kappa shape index (κ1) is 10.7. The van der Waals surface area contributed by atoms with Crippen LogP contribution in [0.15, 0.2) is 52.9 Å². The fourth-order valence-electron chi connectivity index (χ4n) is 2.10. The minimum Gasteiger partial charge on any atom is -0.435 e. The molecule has 0 saturated carbocycles. The molecule has 2 aromatic heterocycles. The number of halogens is 1. The van der Waals surface area contributed by atoms with Crippen molar-refractivity contribution in [1.82, 2.24) is 4.98 Å². The van der Waals surface area contributed by atoms with Crippen LogP contribution >= 0.6 is 11.3 Å². The van der Waals surface area contributed by atoms with Gasteiger partial charge in [0, 0.05) is 4.70 Å². The molecule has 0 aliphatic rings. The molecule has 0 amide bonds. The van der Waals surface area contributed by atoms with Crippen LogP contribution in [0.5, 0.6) is 0 Å². The molecule has 0 bridgehead atoms. The third-order valence-corrected chi connectivity index (χ3v) is 4.09. The Labute approximate surface area is 112 Å². The molecule has 0 spiro atoms. The fraction of sp³-hybridized carbons (Fsp3) is 0. The second kappa shape index (κ2) is 3.90. The highest BCUT2D eigenvalue weighted by Crippen LogP contribution is 2.34. The minimum atomic E-state index is -0.227. The Hall–Kier alpha value is -2.20. The summed E-state index contributed by atoms with van der Waals surface area (Å²) in [4.78, 5) is 5.36. The first-order chi connectivity index (χ1) is 9.29. The van der Waals surface area contributed by atoms with Crippen LogP contribution in [0.3, 0.4) is 0 Å². The number of oxazole rings is 1. The molecule has 2 nitrogen and oxygen atoms in total. The monoisotopic (exact) mass is 269 g/mol. The highest BCUT2D eigenvalue weighted by molar-refractivity contribution is 7.22. The van der Waals surface area contributed by atoms with Gasteiger partial charge in [0.2, 0.25) is 5.89 Å². The van der Waals surface area contributed by atoms with E-state index in [-0.39, 0.29) is 5.82 Å². The summed E-state index contributed by atoms with van der Waals surface area (Å²) in [6.45, 7) is 0. The Morgan fingerprint density at radius 3 is 2.84 bits per heavy atom. The minimum absolute atomic E-state index is 0.227. The first-order valence-corrected chi connectivity index (χ1v) is 6.66. The molecule has 4 heteroatoms. The van der Waals surface area contributed by atoms with Crippen LogP contribution in [-0.4, -0.2) is 4.98 Å². The van der Waals surface area contributed by atoms with Gasteiger partial charge in [0.05, 0.1) is 4.88 Å². The van der Waals surface area contributed by atoms with Crippen molar-refractivity contribution < 1.29 is 8.81 Å². The van der Waals surface area contributed by atoms with E-state index < -0.39 is 0 Å². The molecule has 92 valence electrons. The summed E-state index contributed by atoms with van der Waals surface area (Å²) in [6.07, 6.45) is 0. The fourth-order valence-corrected chi connectivity index (χ4v) is 3.07. The molecule has 4 aromatic rings. The zero-order valence-electron chi connectivity index (χ0n) is 9.76. The van der Waals surface area contributed by atoms with Crippen LogP contribution < -0.4 is 0 Å². The van der Waals surface area contributed by atoms with E-state index in [1.807, 2.05) is 30.3 Å². The maximum Gasteiger partial charge on any atom is 0.237 e. The molecular weight excluding hydrogens is 261 g/mol. The number of hydrogen-bond donors (Lipinski definition) is 0. The number of thiophene rings is 1. The summed E-state index contributed by atoms with van der Waals surface area (Å²) in [5, 5.41) is 0.877. The molecule has 4 rings (SSSR count). The van der Waals surface area contributed by atoms with Gasteiger partial charge >= 0.3 is 0 Å². The van der Waals surface area contributed by atoms with E-state index in [9.17, 15) is 4.39 Å². The maximum absolute atomic E-state index is 13.2. The molecule has 0 aliphatic heterocycles. The Balaban J connectivity index is 1.93. The lowest BCUT2D eigenvalue weighted by Gasteiger charge is -1.86. The number of benzene rings is 2. The summed E-state index contributed by atoms with van der Waals surface area (Å²) in [6, 6.07) is 14.3. The quantitative estimate of drug-likeness (QED) is 0.493. The molecule has 2 heterocycles. The molecule has 0 atom stereocenters. The van der Waals surface area contributed by atoms with Gasteiger partial charge in [0.15, 0.2) is 5.58 Å². The number of para-hydroxylation sites is 2. The van der Waals surface area contributed by atoms with Crippen molar-refractivity contribution in [3.05, 3.63) is 54.3 Å². The lowest BCUT2D eigenvalue weighted by atomic mass is 10.2. The molecular formula is C15H8FNOS. The summed E-state index contributed by atoms with van der Waals surface area (Å²) < 4.78 is 19.9. The summed E-state index contributed by atoms with van der Waals surface area (Å²) in [5.74, 6) is 0.359. The standard InChI is InChI=1S/C15H8FNOS/c16-10-5-6-13-9(7-10)8-14(19-13)15-17-11-3-1-2-4-12(11)18-15/h1-8H. The van der Waals surface area contributed by atoms with Crippen LogP contribution in [-0.2, 0) is 0 Å². The van der Waals surface area contributed by atoms with Crippen molar-refractivity contribution in [1.29, 1.82) is 0 Å². The molecule has 0 radical (unpaired) electrons. The lowest BCUT2D eigenvalue weighted by Crippen LogP contribution is -1.69. The van der Waals surface area contributed by atoms with Crippen molar-refractivity contribution >= 4 is 32.5 Å². The third kappa shape index (κ3) is 1.72. The second-order valence-corrected chi connectivity index (χ2v) is 5.36. The summed E-state index contributed by atoms with van der Waals surface area (Å²) in [5.41, 5.74) is 1.60.